The van der Waals surface area contributed by atoms with Crippen LogP contribution in [0.25, 0.3) is 11.1 Å². The third-order valence-corrected chi connectivity index (χ3v) is 5.55. The molecule has 148 valence electrons. The van der Waals surface area contributed by atoms with Crippen LogP contribution in [0.1, 0.15) is 36.3 Å². The van der Waals surface area contributed by atoms with E-state index in [1.54, 1.807) is 0 Å². The Bertz CT molecular complexity index is 797. The fourth-order valence-electron chi connectivity index (χ4n) is 3.47. The van der Waals surface area contributed by atoms with Gasteiger partial charge in [0.15, 0.2) is 0 Å². The van der Waals surface area contributed by atoms with Crippen LogP contribution in [0.5, 0.6) is 0 Å². The van der Waals surface area contributed by atoms with Crippen LogP contribution in [-0.2, 0) is 9.53 Å². The quantitative estimate of drug-likeness (QED) is 0.335. The number of rotatable bonds is 9. The molecule has 0 unspecified atom stereocenters. The Morgan fingerprint density at radius 3 is 2.25 bits per heavy atom. The number of nitrogens with two attached hydrogens (primary N) is 1. The lowest BCUT2D eigenvalue weighted by atomic mass is 9.98. The normalized spacial score (nSPS) is 13.6. The van der Waals surface area contributed by atoms with Crippen LogP contribution in [0, 0.1) is 0 Å². The molecular weight excluding hydrogens is 376 g/mol. The largest absolute Gasteiger partial charge is 0.480 e. The molecule has 2 aromatic rings. The van der Waals surface area contributed by atoms with Gasteiger partial charge in [0.25, 0.3) is 0 Å². The van der Waals surface area contributed by atoms with Crippen LogP contribution in [-0.4, -0.2) is 35.6 Å². The van der Waals surface area contributed by atoms with Gasteiger partial charge >= 0.3 is 11.3 Å². The molecular formula is C21H24N2O4S. The van der Waals surface area contributed by atoms with Crippen molar-refractivity contribution in [3.63, 3.8) is 0 Å². The molecule has 0 saturated carbocycles. The highest BCUT2D eigenvalue weighted by Gasteiger charge is 2.29. The summed E-state index contributed by atoms with van der Waals surface area (Å²) in [5.74, 6) is -1.01. The number of carboxylic acids is 1. The van der Waals surface area contributed by atoms with E-state index in [0.717, 1.165) is 28.7 Å². The Hall–Kier alpha value is -2.35. The lowest BCUT2D eigenvalue weighted by molar-refractivity contribution is -0.139. The van der Waals surface area contributed by atoms with Crippen LogP contribution in [0.15, 0.2) is 48.5 Å². The summed E-state index contributed by atoms with van der Waals surface area (Å²) in [6.45, 7) is 0.734. The van der Waals surface area contributed by atoms with Crippen molar-refractivity contribution in [3.8, 4) is 11.1 Å². The van der Waals surface area contributed by atoms with Crippen molar-refractivity contribution < 1.29 is 19.4 Å². The zero-order valence-electron chi connectivity index (χ0n) is 15.5. The van der Waals surface area contributed by atoms with Gasteiger partial charge in [0.2, 0.25) is 0 Å². The first-order chi connectivity index (χ1) is 13.6. The van der Waals surface area contributed by atoms with Crippen LogP contribution < -0.4 is 10.5 Å². The van der Waals surface area contributed by atoms with E-state index in [-0.39, 0.29) is 12.5 Å². The summed E-state index contributed by atoms with van der Waals surface area (Å²) in [6.07, 6.45) is 1.85. The molecule has 28 heavy (non-hydrogen) atoms. The molecule has 0 fully saturated rings. The predicted octanol–water partition coefficient (Wildman–Crippen LogP) is 3.76. The number of benzene rings is 2. The Morgan fingerprint density at radius 2 is 1.68 bits per heavy atom. The molecule has 0 amide bonds. The Kier molecular flexibility index (Phi) is 7.08. The van der Waals surface area contributed by atoms with Crippen molar-refractivity contribution in [2.24, 2.45) is 5.73 Å². The summed E-state index contributed by atoms with van der Waals surface area (Å²) in [4.78, 5) is 23.4. The van der Waals surface area contributed by atoms with Gasteiger partial charge in [0.1, 0.15) is 12.6 Å². The van der Waals surface area contributed by atoms with Crippen molar-refractivity contribution in [2.45, 2.75) is 31.2 Å². The van der Waals surface area contributed by atoms with Gasteiger partial charge in [-0.15, -0.1) is 0 Å². The standard InChI is InChI=1S/C21H24N2O4S/c22-12-6-5-11-19(20(24)25)23-28-21(26)27-13-18-16-9-3-1-7-14(16)15-8-2-4-10-17(15)18/h1-4,7-10,18-19,23H,5-6,11-13,22H2,(H,24,25)/t19-/m0/s1. The molecule has 0 aliphatic heterocycles. The molecule has 0 spiro atoms. The average Bonchev–Trinajstić information content (AvgIpc) is 3.02. The summed E-state index contributed by atoms with van der Waals surface area (Å²) in [5, 5.41) is 8.71. The highest BCUT2D eigenvalue weighted by atomic mass is 32.2. The fourth-order valence-corrected chi connectivity index (χ4v) is 4.05. The molecule has 0 bridgehead atoms. The second-order valence-corrected chi connectivity index (χ2v) is 7.46. The smallest absolute Gasteiger partial charge is 0.382 e. The topological polar surface area (TPSA) is 102 Å². The molecule has 1 aliphatic rings. The maximum Gasteiger partial charge on any atom is 0.382 e. The van der Waals surface area contributed by atoms with Crippen molar-refractivity contribution in [1.29, 1.82) is 0 Å². The van der Waals surface area contributed by atoms with Gasteiger partial charge in [-0.05, 0) is 41.6 Å². The van der Waals surface area contributed by atoms with E-state index >= 15 is 0 Å². The highest BCUT2D eigenvalue weighted by Crippen LogP contribution is 2.44. The summed E-state index contributed by atoms with van der Waals surface area (Å²) in [5.41, 5.74) is 10.0. The Balaban J connectivity index is 1.57. The number of hydrogen-bond donors (Lipinski definition) is 3. The zero-order valence-corrected chi connectivity index (χ0v) is 16.3. The first-order valence-corrected chi connectivity index (χ1v) is 10.1. The number of carboxylic acid groups (broad SMARTS) is 1. The maximum absolute atomic E-state index is 12.1. The van der Waals surface area contributed by atoms with E-state index in [2.05, 4.69) is 29.0 Å². The molecule has 1 aliphatic carbocycles. The van der Waals surface area contributed by atoms with E-state index in [1.165, 1.54) is 0 Å². The molecule has 4 N–H and O–H groups in total. The summed E-state index contributed by atoms with van der Waals surface area (Å²) in [7, 11) is 0. The van der Waals surface area contributed by atoms with Gasteiger partial charge in [0.05, 0.1) is 0 Å². The van der Waals surface area contributed by atoms with Gasteiger partial charge in [0, 0.05) is 17.9 Å². The minimum Gasteiger partial charge on any atom is -0.480 e. The summed E-state index contributed by atoms with van der Waals surface area (Å²) >= 11 is 0.694. The first-order valence-electron chi connectivity index (χ1n) is 9.32. The van der Waals surface area contributed by atoms with Gasteiger partial charge in [-0.2, -0.15) is 0 Å². The first kappa shape index (κ1) is 20.4. The number of carbonyl (C=O) groups excluding carboxylic acids is 1. The molecule has 0 radical (unpaired) electrons. The Labute approximate surface area is 168 Å². The number of ether oxygens (including phenoxy) is 1. The van der Waals surface area contributed by atoms with Gasteiger partial charge < -0.3 is 15.6 Å². The summed E-state index contributed by atoms with van der Waals surface area (Å²) in [6, 6.07) is 15.4. The van der Waals surface area contributed by atoms with Crippen molar-refractivity contribution in [1.82, 2.24) is 4.72 Å². The van der Waals surface area contributed by atoms with E-state index in [9.17, 15) is 14.7 Å². The van der Waals surface area contributed by atoms with Crippen molar-refractivity contribution in [3.05, 3.63) is 59.7 Å². The third-order valence-electron chi connectivity index (χ3n) is 4.86. The lowest BCUT2D eigenvalue weighted by Gasteiger charge is -2.15. The second-order valence-electron chi connectivity index (χ2n) is 6.68. The highest BCUT2D eigenvalue weighted by molar-refractivity contribution is 8.11. The second kappa shape index (κ2) is 9.73. The maximum atomic E-state index is 12.1. The molecule has 0 aromatic heterocycles. The van der Waals surface area contributed by atoms with E-state index in [0.29, 0.717) is 31.3 Å². The number of fused-ring (bicyclic) bond motifs is 3. The van der Waals surface area contributed by atoms with Crippen LogP contribution >= 0.6 is 11.9 Å². The van der Waals surface area contributed by atoms with E-state index < -0.39 is 17.3 Å². The molecule has 3 rings (SSSR count). The number of unbranched alkanes of at least 4 members (excludes halogenated alkanes) is 1. The van der Waals surface area contributed by atoms with Crippen LogP contribution in [0.2, 0.25) is 0 Å². The van der Waals surface area contributed by atoms with Gasteiger partial charge in [-0.1, -0.05) is 55.0 Å². The zero-order chi connectivity index (χ0) is 19.9. The summed E-state index contributed by atoms with van der Waals surface area (Å²) < 4.78 is 8.14. The number of nitrogens with one attached hydrogen (secondary N) is 1. The van der Waals surface area contributed by atoms with Gasteiger partial charge in [-0.3, -0.25) is 4.79 Å². The van der Waals surface area contributed by atoms with Crippen molar-refractivity contribution in [2.75, 3.05) is 13.2 Å². The molecule has 6 nitrogen and oxygen atoms in total. The minimum absolute atomic E-state index is 0.0169. The van der Waals surface area contributed by atoms with E-state index in [4.69, 9.17) is 10.5 Å². The lowest BCUT2D eigenvalue weighted by Crippen LogP contribution is -2.33. The Morgan fingerprint density at radius 1 is 1.07 bits per heavy atom. The number of hydrogen-bond acceptors (Lipinski definition) is 6. The molecule has 2 aromatic carbocycles. The number of carbonyl (C=O) groups is 2. The number of aliphatic carboxylic acids is 1. The van der Waals surface area contributed by atoms with Gasteiger partial charge in [-0.25, -0.2) is 9.52 Å². The molecule has 1 atom stereocenters. The third kappa shape index (κ3) is 4.73. The van der Waals surface area contributed by atoms with Crippen LogP contribution in [0.4, 0.5) is 4.79 Å². The SMILES string of the molecule is NCCCC[C@H](NSC(=O)OCC1c2ccccc2-c2ccccc21)C(=O)O. The molecule has 0 heterocycles. The molecule has 0 saturated heterocycles. The van der Waals surface area contributed by atoms with Crippen molar-refractivity contribution >= 4 is 23.2 Å². The monoisotopic (exact) mass is 400 g/mol. The fraction of sp³-hybridized carbons (Fsp3) is 0.333. The van der Waals surface area contributed by atoms with Crippen LogP contribution in [0.3, 0.4) is 0 Å². The minimum atomic E-state index is -0.990. The predicted molar refractivity (Wildman–Crippen MR) is 110 cm³/mol. The van der Waals surface area contributed by atoms with E-state index in [1.807, 2.05) is 24.3 Å². The molecule has 7 heteroatoms. The average molecular weight is 401 g/mol.